The summed E-state index contributed by atoms with van der Waals surface area (Å²) in [6.07, 6.45) is 2.67. The first-order valence-corrected chi connectivity index (χ1v) is 4.44. The van der Waals surface area contributed by atoms with Gasteiger partial charge >= 0.3 is 0 Å². The maximum atomic E-state index is 9.84. The average molecular weight is 183 g/mol. The molecule has 4 heteroatoms. The molecule has 0 bridgehead atoms. The molecule has 0 aromatic carbocycles. The van der Waals surface area contributed by atoms with Crippen LogP contribution in [0.3, 0.4) is 0 Å². The van der Waals surface area contributed by atoms with E-state index in [9.17, 15) is 5.11 Å². The van der Waals surface area contributed by atoms with E-state index >= 15 is 0 Å². The van der Waals surface area contributed by atoms with Gasteiger partial charge in [0.2, 0.25) is 0 Å². The lowest BCUT2D eigenvalue weighted by Gasteiger charge is -2.22. The topological polar surface area (TPSA) is 64.1 Å². The van der Waals surface area contributed by atoms with Crippen molar-refractivity contribution in [3.63, 3.8) is 0 Å². The molecule has 0 fully saturated rings. The van der Waals surface area contributed by atoms with Gasteiger partial charge in [0.1, 0.15) is 6.10 Å². The molecule has 0 aliphatic rings. The molecule has 0 amide bonds. The standard InChI is InChI=1S/C9H17N3O/c1-6(2)8(10)9(13)7-4-11-5-12(7)3/h4-6,8-9,13H,10H2,1-3H3. The van der Waals surface area contributed by atoms with Gasteiger partial charge in [0.15, 0.2) is 0 Å². The van der Waals surface area contributed by atoms with Crippen molar-refractivity contribution < 1.29 is 5.11 Å². The quantitative estimate of drug-likeness (QED) is 0.714. The van der Waals surface area contributed by atoms with Crippen molar-refractivity contribution in [2.45, 2.75) is 26.0 Å². The van der Waals surface area contributed by atoms with Gasteiger partial charge in [0, 0.05) is 13.1 Å². The summed E-state index contributed by atoms with van der Waals surface area (Å²) in [6.45, 7) is 3.98. The van der Waals surface area contributed by atoms with E-state index in [2.05, 4.69) is 4.98 Å². The molecule has 0 radical (unpaired) electrons. The van der Waals surface area contributed by atoms with Gasteiger partial charge in [-0.1, -0.05) is 13.8 Å². The smallest absolute Gasteiger partial charge is 0.111 e. The second-order valence-corrected chi connectivity index (χ2v) is 3.70. The Kier molecular flexibility index (Phi) is 3.06. The summed E-state index contributed by atoms with van der Waals surface area (Å²) in [7, 11) is 1.85. The first-order chi connectivity index (χ1) is 6.04. The minimum atomic E-state index is -0.632. The van der Waals surface area contributed by atoms with Gasteiger partial charge in [-0.05, 0) is 5.92 Å². The summed E-state index contributed by atoms with van der Waals surface area (Å²) >= 11 is 0. The van der Waals surface area contributed by atoms with E-state index in [-0.39, 0.29) is 12.0 Å². The second kappa shape index (κ2) is 3.89. The summed E-state index contributed by atoms with van der Waals surface area (Å²) in [4.78, 5) is 3.93. The molecule has 0 aliphatic heterocycles. The Labute approximate surface area is 78.4 Å². The number of aromatic nitrogens is 2. The maximum Gasteiger partial charge on any atom is 0.111 e. The Bertz CT molecular complexity index is 270. The van der Waals surface area contributed by atoms with Gasteiger partial charge in [-0.25, -0.2) is 4.98 Å². The fraction of sp³-hybridized carbons (Fsp3) is 0.667. The van der Waals surface area contributed by atoms with E-state index in [1.807, 2.05) is 20.9 Å². The van der Waals surface area contributed by atoms with Crippen molar-refractivity contribution in [3.8, 4) is 0 Å². The highest BCUT2D eigenvalue weighted by Gasteiger charge is 2.21. The van der Waals surface area contributed by atoms with Gasteiger partial charge < -0.3 is 15.4 Å². The molecule has 1 heterocycles. The molecule has 0 saturated carbocycles. The maximum absolute atomic E-state index is 9.84. The highest BCUT2D eigenvalue weighted by Crippen LogP contribution is 2.18. The van der Waals surface area contributed by atoms with Crippen LogP contribution < -0.4 is 5.73 Å². The zero-order valence-corrected chi connectivity index (χ0v) is 8.31. The molecular formula is C9H17N3O. The largest absolute Gasteiger partial charge is 0.385 e. The minimum Gasteiger partial charge on any atom is -0.385 e. The summed E-state index contributed by atoms with van der Waals surface area (Å²) in [5.41, 5.74) is 6.59. The van der Waals surface area contributed by atoms with Crippen molar-refractivity contribution >= 4 is 0 Å². The summed E-state index contributed by atoms with van der Waals surface area (Å²) < 4.78 is 1.78. The van der Waals surface area contributed by atoms with Crippen LogP contribution in [0, 0.1) is 5.92 Å². The Hall–Kier alpha value is -0.870. The van der Waals surface area contributed by atoms with Crippen LogP contribution in [0.15, 0.2) is 12.5 Å². The van der Waals surface area contributed by atoms with E-state index in [0.29, 0.717) is 0 Å². The number of aliphatic hydroxyl groups excluding tert-OH is 1. The first kappa shape index (κ1) is 10.2. The molecule has 2 atom stereocenters. The molecule has 0 aliphatic carbocycles. The third-order valence-electron chi connectivity index (χ3n) is 2.29. The molecule has 13 heavy (non-hydrogen) atoms. The van der Waals surface area contributed by atoms with Crippen molar-refractivity contribution in [1.82, 2.24) is 9.55 Å². The molecule has 2 unspecified atom stereocenters. The Morgan fingerprint density at radius 2 is 2.15 bits per heavy atom. The van der Waals surface area contributed by atoms with E-state index in [4.69, 9.17) is 5.73 Å². The molecule has 74 valence electrons. The van der Waals surface area contributed by atoms with Gasteiger partial charge in [-0.15, -0.1) is 0 Å². The fourth-order valence-corrected chi connectivity index (χ4v) is 1.21. The number of nitrogens with two attached hydrogens (primary N) is 1. The number of rotatable bonds is 3. The highest BCUT2D eigenvalue weighted by molar-refractivity contribution is 5.05. The lowest BCUT2D eigenvalue weighted by molar-refractivity contribution is 0.118. The van der Waals surface area contributed by atoms with E-state index in [1.165, 1.54) is 0 Å². The van der Waals surface area contributed by atoms with Crippen molar-refractivity contribution in [3.05, 3.63) is 18.2 Å². The summed E-state index contributed by atoms with van der Waals surface area (Å²) in [5, 5.41) is 9.84. The number of nitrogens with zero attached hydrogens (tertiary/aromatic N) is 2. The van der Waals surface area contributed by atoms with Gasteiger partial charge in [0.05, 0.1) is 18.2 Å². The van der Waals surface area contributed by atoms with Gasteiger partial charge in [-0.2, -0.15) is 0 Å². The van der Waals surface area contributed by atoms with Crippen molar-refractivity contribution in [2.24, 2.45) is 18.7 Å². The molecule has 1 aromatic rings. The predicted octanol–water partition coefficient (Wildman–Crippen LogP) is 0.437. The normalized spacial score (nSPS) is 16.2. The summed E-state index contributed by atoms with van der Waals surface area (Å²) in [5.74, 6) is 0.255. The molecule has 1 rings (SSSR count). The zero-order chi connectivity index (χ0) is 10.0. The zero-order valence-electron chi connectivity index (χ0n) is 8.31. The number of hydrogen-bond acceptors (Lipinski definition) is 3. The number of aryl methyl sites for hydroxylation is 1. The number of imidazole rings is 1. The lowest BCUT2D eigenvalue weighted by atomic mass is 9.98. The molecule has 1 aromatic heterocycles. The first-order valence-electron chi connectivity index (χ1n) is 4.44. The number of hydrogen-bond donors (Lipinski definition) is 2. The fourth-order valence-electron chi connectivity index (χ4n) is 1.21. The Balaban J connectivity index is 2.79. The molecule has 0 spiro atoms. The van der Waals surface area contributed by atoms with Crippen molar-refractivity contribution in [2.75, 3.05) is 0 Å². The Morgan fingerprint density at radius 3 is 2.54 bits per heavy atom. The monoisotopic (exact) mass is 183 g/mol. The highest BCUT2D eigenvalue weighted by atomic mass is 16.3. The Morgan fingerprint density at radius 1 is 1.54 bits per heavy atom. The van der Waals surface area contributed by atoms with Crippen LogP contribution in [0.1, 0.15) is 25.6 Å². The third kappa shape index (κ3) is 2.08. The van der Waals surface area contributed by atoms with Crippen LogP contribution >= 0.6 is 0 Å². The average Bonchev–Trinajstić information content (AvgIpc) is 2.48. The van der Waals surface area contributed by atoms with Crippen LogP contribution in [-0.4, -0.2) is 20.7 Å². The van der Waals surface area contributed by atoms with Crippen LogP contribution in [0.2, 0.25) is 0 Å². The summed E-state index contributed by atoms with van der Waals surface area (Å²) in [6, 6.07) is -0.240. The second-order valence-electron chi connectivity index (χ2n) is 3.70. The van der Waals surface area contributed by atoms with Crippen LogP contribution in [-0.2, 0) is 7.05 Å². The van der Waals surface area contributed by atoms with Gasteiger partial charge in [-0.3, -0.25) is 0 Å². The van der Waals surface area contributed by atoms with Crippen LogP contribution in [0.25, 0.3) is 0 Å². The molecule has 4 nitrogen and oxygen atoms in total. The lowest BCUT2D eigenvalue weighted by Crippen LogP contribution is -2.34. The van der Waals surface area contributed by atoms with E-state index in [1.54, 1.807) is 17.1 Å². The van der Waals surface area contributed by atoms with E-state index < -0.39 is 6.10 Å². The van der Waals surface area contributed by atoms with Gasteiger partial charge in [0.25, 0.3) is 0 Å². The molecule has 3 N–H and O–H groups in total. The minimum absolute atomic E-state index is 0.240. The predicted molar refractivity (Wildman–Crippen MR) is 51.0 cm³/mol. The van der Waals surface area contributed by atoms with Crippen molar-refractivity contribution in [1.29, 1.82) is 0 Å². The third-order valence-corrected chi connectivity index (χ3v) is 2.29. The van der Waals surface area contributed by atoms with Crippen LogP contribution in [0.5, 0.6) is 0 Å². The number of aliphatic hydroxyl groups is 1. The molecule has 0 saturated heterocycles. The molecular weight excluding hydrogens is 166 g/mol. The van der Waals surface area contributed by atoms with Crippen LogP contribution in [0.4, 0.5) is 0 Å². The SMILES string of the molecule is CC(C)C(N)C(O)c1cncn1C. The van der Waals surface area contributed by atoms with E-state index in [0.717, 1.165) is 5.69 Å².